The van der Waals surface area contributed by atoms with Gasteiger partial charge in [0, 0.05) is 25.7 Å². The average Bonchev–Trinajstić information content (AvgIpc) is 2.98. The second-order valence-corrected chi connectivity index (χ2v) is 9.07. The number of amides is 1. The second kappa shape index (κ2) is 9.32. The van der Waals surface area contributed by atoms with E-state index >= 15 is 0 Å². The molecule has 0 aliphatic carbocycles. The fourth-order valence-electron chi connectivity index (χ4n) is 4.00. The Morgan fingerprint density at radius 2 is 1.85 bits per heavy atom. The molecule has 2 aliphatic rings. The normalized spacial score (nSPS) is 17.1. The van der Waals surface area contributed by atoms with Gasteiger partial charge in [-0.15, -0.1) is 0 Å². The number of piperidine rings is 1. The Hall–Kier alpha value is -3.24. The molecule has 0 aromatic carbocycles. The van der Waals surface area contributed by atoms with Gasteiger partial charge in [-0.2, -0.15) is 0 Å². The molecule has 0 spiro atoms. The maximum Gasteiger partial charge on any atom is 0.410 e. The third kappa shape index (κ3) is 5.23. The molecule has 0 bridgehead atoms. The van der Waals surface area contributed by atoms with E-state index in [2.05, 4.69) is 25.2 Å². The van der Waals surface area contributed by atoms with E-state index in [-0.39, 0.29) is 23.6 Å². The van der Waals surface area contributed by atoms with Crippen LogP contribution in [0.4, 0.5) is 30.9 Å². The Labute approximate surface area is 191 Å². The van der Waals surface area contributed by atoms with Crippen LogP contribution >= 0.6 is 0 Å². The molecule has 4 rings (SSSR count). The molecule has 0 radical (unpaired) electrons. The summed E-state index contributed by atoms with van der Waals surface area (Å²) in [6, 6.07) is 0.126. The Morgan fingerprint density at radius 1 is 1.15 bits per heavy atom. The van der Waals surface area contributed by atoms with E-state index in [4.69, 9.17) is 9.47 Å². The van der Waals surface area contributed by atoms with E-state index in [1.807, 2.05) is 20.8 Å². The van der Waals surface area contributed by atoms with Crippen molar-refractivity contribution in [3.05, 3.63) is 30.4 Å². The zero-order valence-corrected chi connectivity index (χ0v) is 19.0. The van der Waals surface area contributed by atoms with Gasteiger partial charge < -0.3 is 24.6 Å². The molecule has 2 aromatic heterocycles. The minimum Gasteiger partial charge on any atom is -0.486 e. The quantitative estimate of drug-likeness (QED) is 0.735. The smallest absolute Gasteiger partial charge is 0.410 e. The van der Waals surface area contributed by atoms with Gasteiger partial charge in [0.2, 0.25) is 5.75 Å². The summed E-state index contributed by atoms with van der Waals surface area (Å²) in [7, 11) is 0. The first-order chi connectivity index (χ1) is 15.7. The molecule has 0 atom stereocenters. The predicted octanol–water partition coefficient (Wildman–Crippen LogP) is 3.88. The van der Waals surface area contributed by atoms with Gasteiger partial charge in [0.15, 0.2) is 23.3 Å². The lowest BCUT2D eigenvalue weighted by molar-refractivity contribution is 0.0204. The van der Waals surface area contributed by atoms with Crippen LogP contribution < -0.4 is 15.0 Å². The molecule has 33 heavy (non-hydrogen) atoms. The first kappa shape index (κ1) is 22.9. The molecule has 11 heteroatoms. The summed E-state index contributed by atoms with van der Waals surface area (Å²) in [6.45, 7) is 7.80. The van der Waals surface area contributed by atoms with Crippen molar-refractivity contribution in [3.63, 3.8) is 0 Å². The molecule has 1 amide bonds. The number of ether oxygens (including phenoxy) is 2. The second-order valence-electron chi connectivity index (χ2n) is 9.07. The first-order valence-corrected chi connectivity index (χ1v) is 11.0. The summed E-state index contributed by atoms with van der Waals surface area (Å²) in [6.07, 6.45) is 5.11. The number of nitrogens with zero attached hydrogens (tertiary/aromatic N) is 5. The molecule has 178 valence electrons. The number of hydrogen-bond donors (Lipinski definition) is 1. The highest BCUT2D eigenvalue weighted by molar-refractivity contribution is 5.71. The van der Waals surface area contributed by atoms with Crippen molar-refractivity contribution in [3.8, 4) is 5.75 Å². The first-order valence-electron chi connectivity index (χ1n) is 11.0. The van der Waals surface area contributed by atoms with Gasteiger partial charge in [0.25, 0.3) is 0 Å². The van der Waals surface area contributed by atoms with E-state index in [1.54, 1.807) is 4.90 Å². The number of anilines is 3. The molecular weight excluding hydrogens is 434 g/mol. The van der Waals surface area contributed by atoms with Crippen molar-refractivity contribution in [1.82, 2.24) is 19.9 Å². The maximum atomic E-state index is 14.1. The zero-order chi connectivity index (χ0) is 23.6. The highest BCUT2D eigenvalue weighted by Gasteiger charge is 2.33. The Balaban J connectivity index is 1.52. The van der Waals surface area contributed by atoms with Crippen molar-refractivity contribution in [2.24, 2.45) is 0 Å². The van der Waals surface area contributed by atoms with Crippen molar-refractivity contribution >= 4 is 23.4 Å². The zero-order valence-electron chi connectivity index (χ0n) is 19.0. The van der Waals surface area contributed by atoms with Gasteiger partial charge in [-0.25, -0.2) is 23.5 Å². The summed E-state index contributed by atoms with van der Waals surface area (Å²) in [5, 5.41) is 2.70. The van der Waals surface area contributed by atoms with Crippen LogP contribution in [0.2, 0.25) is 0 Å². The van der Waals surface area contributed by atoms with Gasteiger partial charge in [-0.1, -0.05) is 0 Å². The SMILES string of the molecule is CC(C)(C)OC(=O)N1CCC(N2CCCOc3c(Nc4c(F)cncc4F)ncnc32)CC1. The van der Waals surface area contributed by atoms with Crippen LogP contribution in [0.5, 0.6) is 5.75 Å². The minimum atomic E-state index is -0.831. The molecule has 9 nitrogen and oxygen atoms in total. The lowest BCUT2D eigenvalue weighted by Gasteiger charge is -2.39. The van der Waals surface area contributed by atoms with Crippen LogP contribution in [0, 0.1) is 11.6 Å². The molecule has 0 saturated carbocycles. The van der Waals surface area contributed by atoms with Crippen molar-refractivity contribution < 1.29 is 23.0 Å². The molecule has 1 N–H and O–H groups in total. The Kier molecular flexibility index (Phi) is 6.48. The summed E-state index contributed by atoms with van der Waals surface area (Å²) < 4.78 is 39.6. The molecule has 2 aliphatic heterocycles. The van der Waals surface area contributed by atoms with E-state index < -0.39 is 17.2 Å². The molecular formula is C22H28F2N6O3. The van der Waals surface area contributed by atoms with E-state index in [9.17, 15) is 13.6 Å². The van der Waals surface area contributed by atoms with Gasteiger partial charge in [0.1, 0.15) is 17.6 Å². The number of aromatic nitrogens is 3. The average molecular weight is 463 g/mol. The monoisotopic (exact) mass is 462 g/mol. The lowest BCUT2D eigenvalue weighted by atomic mass is 10.0. The number of rotatable bonds is 3. The van der Waals surface area contributed by atoms with Gasteiger partial charge in [-0.05, 0) is 40.0 Å². The fraction of sp³-hybridized carbons (Fsp3) is 0.545. The number of halogens is 2. The van der Waals surface area contributed by atoms with Crippen molar-refractivity contribution in [2.45, 2.75) is 51.7 Å². The third-order valence-electron chi connectivity index (χ3n) is 5.50. The summed E-state index contributed by atoms with van der Waals surface area (Å²) in [5.41, 5.74) is -0.890. The van der Waals surface area contributed by atoms with Gasteiger partial charge >= 0.3 is 6.09 Å². The highest BCUT2D eigenvalue weighted by atomic mass is 19.1. The largest absolute Gasteiger partial charge is 0.486 e. The number of carbonyl (C=O) groups is 1. The lowest BCUT2D eigenvalue weighted by Crippen LogP contribution is -2.48. The van der Waals surface area contributed by atoms with Gasteiger partial charge in [-0.3, -0.25) is 4.98 Å². The standard InChI is InChI=1S/C22H28F2N6O3/c1-22(2,3)33-21(31)29-8-5-14(6-9-29)30-7-4-10-32-18-19(26-13-27-20(18)30)28-17-15(23)11-25-12-16(17)24/h11-14H,4-10H2,1-3H3,(H,25,26,27,28). The summed E-state index contributed by atoms with van der Waals surface area (Å²) in [4.78, 5) is 28.4. The van der Waals surface area contributed by atoms with Crippen molar-refractivity contribution in [1.29, 1.82) is 0 Å². The van der Waals surface area contributed by atoms with Crippen LogP contribution in [0.1, 0.15) is 40.0 Å². The van der Waals surface area contributed by atoms with Crippen molar-refractivity contribution in [2.75, 3.05) is 36.5 Å². The van der Waals surface area contributed by atoms with Crippen LogP contribution in [0.15, 0.2) is 18.7 Å². The predicted molar refractivity (Wildman–Crippen MR) is 118 cm³/mol. The highest BCUT2D eigenvalue weighted by Crippen LogP contribution is 2.38. The van der Waals surface area contributed by atoms with E-state index in [0.717, 1.165) is 31.7 Å². The van der Waals surface area contributed by atoms with Crippen LogP contribution in [-0.2, 0) is 4.74 Å². The number of likely N-dealkylation sites (tertiary alicyclic amines) is 1. The topological polar surface area (TPSA) is 92.7 Å². The number of hydrogen-bond acceptors (Lipinski definition) is 8. The summed E-state index contributed by atoms with van der Waals surface area (Å²) in [5.74, 6) is -0.567. The fourth-order valence-corrected chi connectivity index (χ4v) is 4.00. The molecule has 0 unspecified atom stereocenters. The molecule has 1 fully saturated rings. The van der Waals surface area contributed by atoms with Crippen LogP contribution in [0.3, 0.4) is 0 Å². The minimum absolute atomic E-state index is 0.126. The third-order valence-corrected chi connectivity index (χ3v) is 5.50. The number of fused-ring (bicyclic) bond motifs is 1. The molecule has 1 saturated heterocycles. The van der Waals surface area contributed by atoms with E-state index in [1.165, 1.54) is 6.33 Å². The number of nitrogens with one attached hydrogen (secondary N) is 1. The number of carbonyl (C=O) groups excluding carboxylic acids is 1. The van der Waals surface area contributed by atoms with Crippen LogP contribution in [-0.4, -0.2) is 63.8 Å². The Morgan fingerprint density at radius 3 is 2.52 bits per heavy atom. The van der Waals surface area contributed by atoms with E-state index in [0.29, 0.717) is 37.8 Å². The number of pyridine rings is 1. The van der Waals surface area contributed by atoms with Crippen LogP contribution in [0.25, 0.3) is 0 Å². The molecule has 2 aromatic rings. The van der Waals surface area contributed by atoms with Gasteiger partial charge in [0.05, 0.1) is 19.0 Å². The summed E-state index contributed by atoms with van der Waals surface area (Å²) >= 11 is 0. The molecule has 4 heterocycles. The Bertz CT molecular complexity index is 988. The maximum absolute atomic E-state index is 14.1.